The molecule has 2 heterocycles. The lowest BCUT2D eigenvalue weighted by Gasteiger charge is -2.22. The molecule has 1 aromatic heterocycles. The molecule has 0 bridgehead atoms. The highest BCUT2D eigenvalue weighted by Gasteiger charge is 2.25. The quantitative estimate of drug-likeness (QED) is 0.868. The molecule has 1 aliphatic heterocycles. The molecule has 0 aliphatic carbocycles. The number of thioether (sulfide) groups is 1. The fraction of sp³-hybridized carbons (Fsp3) is 0.750. The van der Waals surface area contributed by atoms with E-state index >= 15 is 0 Å². The van der Waals surface area contributed by atoms with E-state index in [1.807, 2.05) is 11.7 Å². The number of nitrogens with one attached hydrogen (secondary N) is 1. The summed E-state index contributed by atoms with van der Waals surface area (Å²) in [6.07, 6.45) is 3.82. The van der Waals surface area contributed by atoms with Crippen LogP contribution in [-0.4, -0.2) is 33.9 Å². The van der Waals surface area contributed by atoms with Crippen molar-refractivity contribution in [3.63, 3.8) is 0 Å². The summed E-state index contributed by atoms with van der Waals surface area (Å²) in [6, 6.07) is 2.78. The van der Waals surface area contributed by atoms with Crippen LogP contribution in [0.1, 0.15) is 24.2 Å². The first-order chi connectivity index (χ1) is 7.70. The van der Waals surface area contributed by atoms with Crippen LogP contribution in [0.3, 0.4) is 0 Å². The van der Waals surface area contributed by atoms with Crippen LogP contribution in [-0.2, 0) is 13.5 Å². The third kappa shape index (κ3) is 2.61. The van der Waals surface area contributed by atoms with E-state index in [1.165, 1.54) is 24.3 Å². The molecule has 3 nitrogen and oxygen atoms in total. The Bertz CT molecular complexity index is 342. The maximum atomic E-state index is 4.41. The number of aromatic nitrogens is 2. The van der Waals surface area contributed by atoms with Crippen molar-refractivity contribution in [2.24, 2.45) is 7.05 Å². The van der Waals surface area contributed by atoms with Gasteiger partial charge in [0.15, 0.2) is 0 Å². The number of hydrogen-bond donors (Lipinski definition) is 1. The van der Waals surface area contributed by atoms with Gasteiger partial charge in [0.25, 0.3) is 0 Å². The minimum atomic E-state index is 0.585. The Kier molecular flexibility index (Phi) is 3.92. The molecule has 1 aromatic rings. The van der Waals surface area contributed by atoms with Gasteiger partial charge in [-0.05, 0) is 38.6 Å². The molecule has 1 N–H and O–H groups in total. The van der Waals surface area contributed by atoms with Gasteiger partial charge in [-0.3, -0.25) is 4.68 Å². The van der Waals surface area contributed by atoms with Gasteiger partial charge in [-0.25, -0.2) is 0 Å². The first kappa shape index (κ1) is 12.0. The molecule has 0 aromatic carbocycles. The molecule has 0 amide bonds. The normalized spacial score (nSPS) is 22.6. The predicted molar refractivity (Wildman–Crippen MR) is 70.0 cm³/mol. The molecule has 0 radical (unpaired) electrons. The zero-order valence-electron chi connectivity index (χ0n) is 10.4. The van der Waals surface area contributed by atoms with Crippen LogP contribution >= 0.6 is 11.8 Å². The Morgan fingerprint density at radius 3 is 3.00 bits per heavy atom. The number of hydrogen-bond acceptors (Lipinski definition) is 3. The van der Waals surface area contributed by atoms with E-state index in [0.29, 0.717) is 6.04 Å². The van der Waals surface area contributed by atoms with Crippen molar-refractivity contribution in [2.75, 3.05) is 12.8 Å². The molecule has 4 heteroatoms. The Balaban J connectivity index is 2.03. The average Bonchev–Trinajstić information content (AvgIpc) is 2.85. The predicted octanol–water partition coefficient (Wildman–Crippen LogP) is 1.75. The van der Waals surface area contributed by atoms with Crippen molar-refractivity contribution in [3.05, 3.63) is 17.5 Å². The van der Waals surface area contributed by atoms with Crippen molar-refractivity contribution in [2.45, 2.75) is 37.5 Å². The largest absolute Gasteiger partial charge is 0.316 e. The van der Waals surface area contributed by atoms with Crippen LogP contribution in [0.25, 0.3) is 0 Å². The lowest BCUT2D eigenvalue weighted by molar-refractivity contribution is 0.507. The highest BCUT2D eigenvalue weighted by Crippen LogP contribution is 2.30. The van der Waals surface area contributed by atoms with Gasteiger partial charge in [0.1, 0.15) is 0 Å². The zero-order chi connectivity index (χ0) is 11.5. The van der Waals surface area contributed by atoms with Crippen molar-refractivity contribution in [3.8, 4) is 0 Å². The third-order valence-corrected chi connectivity index (χ3v) is 4.83. The lowest BCUT2D eigenvalue weighted by Crippen LogP contribution is -2.37. The summed E-state index contributed by atoms with van der Waals surface area (Å²) >= 11 is 2.11. The van der Waals surface area contributed by atoms with E-state index in [1.54, 1.807) is 0 Å². The average molecular weight is 239 g/mol. The second-order valence-corrected chi connectivity index (χ2v) is 5.90. The Hall–Kier alpha value is -0.480. The molecule has 2 rings (SSSR count). The summed E-state index contributed by atoms with van der Waals surface area (Å²) < 4.78 is 2.01. The van der Waals surface area contributed by atoms with Crippen LogP contribution in [0.5, 0.6) is 0 Å². The van der Waals surface area contributed by atoms with Crippen molar-refractivity contribution >= 4 is 11.8 Å². The van der Waals surface area contributed by atoms with Gasteiger partial charge < -0.3 is 5.32 Å². The first-order valence-electron chi connectivity index (χ1n) is 5.99. The van der Waals surface area contributed by atoms with E-state index in [4.69, 9.17) is 0 Å². The van der Waals surface area contributed by atoms with Crippen LogP contribution in [0, 0.1) is 6.92 Å². The van der Waals surface area contributed by atoms with Crippen LogP contribution in [0.2, 0.25) is 0 Å². The monoisotopic (exact) mass is 239 g/mol. The molecule has 1 fully saturated rings. The van der Waals surface area contributed by atoms with Gasteiger partial charge in [-0.2, -0.15) is 16.9 Å². The first-order valence-corrected chi connectivity index (χ1v) is 7.04. The van der Waals surface area contributed by atoms with Crippen molar-refractivity contribution < 1.29 is 0 Å². The maximum absolute atomic E-state index is 4.41. The highest BCUT2D eigenvalue weighted by molar-refractivity contribution is 8.00. The SMILES string of the molecule is CNC(Cc1cc(C)nn1C)C1CCCS1. The zero-order valence-corrected chi connectivity index (χ0v) is 11.2. The van der Waals surface area contributed by atoms with Gasteiger partial charge in [-0.1, -0.05) is 0 Å². The standard InChI is InChI=1S/C12H21N3S/c1-9-7-10(15(3)14-9)8-11(13-2)12-5-4-6-16-12/h7,11-13H,4-6,8H2,1-3H3. The summed E-state index contributed by atoms with van der Waals surface area (Å²) in [6.45, 7) is 2.06. The van der Waals surface area contributed by atoms with Gasteiger partial charge in [0.05, 0.1) is 5.69 Å². The molecule has 1 aliphatic rings. The smallest absolute Gasteiger partial charge is 0.0596 e. The summed E-state index contributed by atoms with van der Waals surface area (Å²) in [4.78, 5) is 0. The van der Waals surface area contributed by atoms with Crippen LogP contribution < -0.4 is 5.32 Å². The fourth-order valence-electron chi connectivity index (χ4n) is 2.42. The van der Waals surface area contributed by atoms with Crippen molar-refractivity contribution in [1.82, 2.24) is 15.1 Å². The van der Waals surface area contributed by atoms with E-state index in [9.17, 15) is 0 Å². The Labute approximate surface area is 102 Å². The van der Waals surface area contributed by atoms with Crippen molar-refractivity contribution in [1.29, 1.82) is 0 Å². The maximum Gasteiger partial charge on any atom is 0.0596 e. The van der Waals surface area contributed by atoms with Gasteiger partial charge in [0, 0.05) is 30.5 Å². The lowest BCUT2D eigenvalue weighted by atomic mass is 10.0. The number of nitrogens with zero attached hydrogens (tertiary/aromatic N) is 2. The number of aryl methyl sites for hydroxylation is 2. The number of rotatable bonds is 4. The molecule has 0 saturated carbocycles. The second-order valence-electron chi connectivity index (χ2n) is 4.55. The van der Waals surface area contributed by atoms with E-state index in [-0.39, 0.29) is 0 Å². The van der Waals surface area contributed by atoms with E-state index in [2.05, 4.69) is 42.2 Å². The van der Waals surface area contributed by atoms with Crippen LogP contribution in [0.4, 0.5) is 0 Å². The summed E-state index contributed by atoms with van der Waals surface area (Å²) in [7, 11) is 4.11. The Morgan fingerprint density at radius 1 is 1.69 bits per heavy atom. The van der Waals surface area contributed by atoms with Gasteiger partial charge >= 0.3 is 0 Å². The molecule has 2 unspecified atom stereocenters. The minimum absolute atomic E-state index is 0.585. The fourth-order valence-corrected chi connectivity index (χ4v) is 3.85. The van der Waals surface area contributed by atoms with E-state index in [0.717, 1.165) is 17.4 Å². The third-order valence-electron chi connectivity index (χ3n) is 3.31. The van der Waals surface area contributed by atoms with E-state index < -0.39 is 0 Å². The number of likely N-dealkylation sites (N-methyl/N-ethyl adjacent to an activating group) is 1. The van der Waals surface area contributed by atoms with Gasteiger partial charge in [-0.15, -0.1) is 0 Å². The summed E-state index contributed by atoms with van der Waals surface area (Å²) in [5.41, 5.74) is 2.45. The highest BCUT2D eigenvalue weighted by atomic mass is 32.2. The second kappa shape index (κ2) is 5.23. The topological polar surface area (TPSA) is 29.9 Å². The molecule has 90 valence electrons. The molecule has 2 atom stereocenters. The molecular formula is C12H21N3S. The van der Waals surface area contributed by atoms with Gasteiger partial charge in [0.2, 0.25) is 0 Å². The summed E-state index contributed by atoms with van der Waals surface area (Å²) in [5.74, 6) is 1.33. The molecule has 1 saturated heterocycles. The molecule has 0 spiro atoms. The Morgan fingerprint density at radius 2 is 2.50 bits per heavy atom. The summed E-state index contributed by atoms with van der Waals surface area (Å²) in [5, 5.41) is 8.65. The molecule has 16 heavy (non-hydrogen) atoms. The van der Waals surface area contributed by atoms with Crippen LogP contribution in [0.15, 0.2) is 6.07 Å². The molecular weight excluding hydrogens is 218 g/mol. The minimum Gasteiger partial charge on any atom is -0.316 e.